The van der Waals surface area contributed by atoms with Gasteiger partial charge in [0.1, 0.15) is 18.1 Å². The maximum Gasteiger partial charge on any atom is 0.189 e. The van der Waals surface area contributed by atoms with Gasteiger partial charge in [-0.2, -0.15) is 5.10 Å². The summed E-state index contributed by atoms with van der Waals surface area (Å²) in [4.78, 5) is 12.5. The molecule has 1 heterocycles. The van der Waals surface area contributed by atoms with Crippen molar-refractivity contribution in [2.24, 2.45) is 7.05 Å². The van der Waals surface area contributed by atoms with Crippen LogP contribution in [-0.4, -0.2) is 22.7 Å². The molecule has 162 valence electrons. The smallest absolute Gasteiger partial charge is 0.189 e. The SMILES string of the molecule is COc1ccc(/C=C/C(=O)c2cnn(C)c2C)cc1COc1ccc(C(C)(C)C)cc1. The first kappa shape index (κ1) is 22.3. The van der Waals surface area contributed by atoms with Crippen molar-refractivity contribution >= 4 is 11.9 Å². The second-order valence-electron chi connectivity index (χ2n) is 8.60. The second kappa shape index (κ2) is 9.21. The molecule has 0 aliphatic rings. The molecule has 0 aliphatic heterocycles. The number of methoxy groups -OCH3 is 1. The minimum atomic E-state index is -0.0712. The topological polar surface area (TPSA) is 53.3 Å². The number of nitrogens with zero attached hydrogens (tertiary/aromatic N) is 2. The molecule has 5 heteroatoms. The molecule has 3 aromatic rings. The van der Waals surface area contributed by atoms with Gasteiger partial charge >= 0.3 is 0 Å². The van der Waals surface area contributed by atoms with Crippen LogP contribution in [0.1, 0.15) is 53.5 Å². The third kappa shape index (κ3) is 5.43. The molecule has 0 radical (unpaired) electrons. The molecule has 1 aromatic heterocycles. The van der Waals surface area contributed by atoms with Gasteiger partial charge < -0.3 is 9.47 Å². The molecule has 0 aliphatic carbocycles. The van der Waals surface area contributed by atoms with Gasteiger partial charge in [0, 0.05) is 18.3 Å². The first-order chi connectivity index (χ1) is 14.7. The van der Waals surface area contributed by atoms with E-state index >= 15 is 0 Å². The molecule has 5 nitrogen and oxygen atoms in total. The normalized spacial score (nSPS) is 11.7. The van der Waals surface area contributed by atoms with E-state index in [2.05, 4.69) is 38.0 Å². The average molecular weight is 419 g/mol. The van der Waals surface area contributed by atoms with E-state index in [1.807, 2.05) is 44.3 Å². The summed E-state index contributed by atoms with van der Waals surface area (Å²) in [7, 11) is 3.46. The zero-order valence-corrected chi connectivity index (χ0v) is 19.1. The Balaban J connectivity index is 1.73. The first-order valence-corrected chi connectivity index (χ1v) is 10.3. The summed E-state index contributed by atoms with van der Waals surface area (Å²) in [5.74, 6) is 1.48. The Bertz CT molecular complexity index is 1090. The van der Waals surface area contributed by atoms with E-state index in [1.165, 1.54) is 5.56 Å². The third-order valence-corrected chi connectivity index (χ3v) is 5.35. The summed E-state index contributed by atoms with van der Waals surface area (Å²) in [6.45, 7) is 8.81. The van der Waals surface area contributed by atoms with Crippen molar-refractivity contribution < 1.29 is 14.3 Å². The fourth-order valence-corrected chi connectivity index (χ4v) is 3.23. The van der Waals surface area contributed by atoms with Crippen molar-refractivity contribution in [2.75, 3.05) is 7.11 Å². The number of carbonyl (C=O) groups excluding carboxylic acids is 1. The summed E-state index contributed by atoms with van der Waals surface area (Å²) in [6.07, 6.45) is 4.97. The molecule has 2 aromatic carbocycles. The molecule has 0 bridgehead atoms. The number of aryl methyl sites for hydroxylation is 1. The van der Waals surface area contributed by atoms with Gasteiger partial charge in [-0.3, -0.25) is 9.48 Å². The van der Waals surface area contributed by atoms with E-state index in [1.54, 1.807) is 30.1 Å². The van der Waals surface area contributed by atoms with Gasteiger partial charge in [0.2, 0.25) is 0 Å². The number of benzene rings is 2. The van der Waals surface area contributed by atoms with E-state index in [0.29, 0.717) is 12.2 Å². The Kier molecular flexibility index (Phi) is 6.64. The Hall–Kier alpha value is -3.34. The number of hydrogen-bond donors (Lipinski definition) is 0. The van der Waals surface area contributed by atoms with E-state index in [9.17, 15) is 4.79 Å². The number of carbonyl (C=O) groups is 1. The van der Waals surface area contributed by atoms with Crippen molar-refractivity contribution in [3.05, 3.63) is 82.7 Å². The molecule has 0 amide bonds. The van der Waals surface area contributed by atoms with Gasteiger partial charge in [-0.25, -0.2) is 0 Å². The van der Waals surface area contributed by atoms with Crippen LogP contribution in [0.25, 0.3) is 6.08 Å². The van der Waals surface area contributed by atoms with Gasteiger partial charge in [0.05, 0.1) is 18.9 Å². The summed E-state index contributed by atoms with van der Waals surface area (Å²) >= 11 is 0. The highest BCUT2D eigenvalue weighted by Gasteiger charge is 2.13. The maximum absolute atomic E-state index is 12.5. The molecule has 0 saturated carbocycles. The van der Waals surface area contributed by atoms with Crippen LogP contribution >= 0.6 is 0 Å². The predicted molar refractivity (Wildman–Crippen MR) is 124 cm³/mol. The van der Waals surface area contributed by atoms with Crippen LogP contribution < -0.4 is 9.47 Å². The molecule has 0 saturated heterocycles. The number of allylic oxidation sites excluding steroid dienone is 1. The van der Waals surface area contributed by atoms with Gasteiger partial charge in [0.15, 0.2) is 5.78 Å². The lowest BCUT2D eigenvalue weighted by molar-refractivity contribution is 0.104. The number of hydrogen-bond acceptors (Lipinski definition) is 4. The quantitative estimate of drug-likeness (QED) is 0.375. The Labute approximate surface area is 184 Å². The molecule has 3 rings (SSSR count). The molecule has 31 heavy (non-hydrogen) atoms. The fraction of sp³-hybridized carbons (Fsp3) is 0.308. The second-order valence-corrected chi connectivity index (χ2v) is 8.60. The highest BCUT2D eigenvalue weighted by Crippen LogP contribution is 2.26. The van der Waals surface area contributed by atoms with Crippen LogP contribution in [0.4, 0.5) is 0 Å². The molecular formula is C26H30N2O3. The first-order valence-electron chi connectivity index (χ1n) is 10.3. The van der Waals surface area contributed by atoms with E-state index in [-0.39, 0.29) is 11.2 Å². The molecule has 0 N–H and O–H groups in total. The number of ether oxygens (including phenoxy) is 2. The van der Waals surface area contributed by atoms with Gasteiger partial charge in [-0.05, 0) is 53.8 Å². The van der Waals surface area contributed by atoms with Crippen LogP contribution in [0.5, 0.6) is 11.5 Å². The lowest BCUT2D eigenvalue weighted by Gasteiger charge is -2.19. The Morgan fingerprint density at radius 2 is 1.84 bits per heavy atom. The highest BCUT2D eigenvalue weighted by atomic mass is 16.5. The standard InChI is InChI=1S/C26H30N2O3/c1-18-23(16-27-28(18)5)24(29)13-7-19-8-14-25(30-6)20(15-19)17-31-22-11-9-21(10-12-22)26(2,3)4/h7-16H,17H2,1-6H3/b13-7+. The van der Waals surface area contributed by atoms with Gasteiger partial charge in [0.25, 0.3) is 0 Å². The highest BCUT2D eigenvalue weighted by molar-refractivity contribution is 6.07. The largest absolute Gasteiger partial charge is 0.496 e. The van der Waals surface area contributed by atoms with Gasteiger partial charge in [-0.1, -0.05) is 45.0 Å². The van der Waals surface area contributed by atoms with Crippen LogP contribution in [0.3, 0.4) is 0 Å². The Morgan fingerprint density at radius 1 is 1.13 bits per heavy atom. The monoisotopic (exact) mass is 418 g/mol. The van der Waals surface area contributed by atoms with Crippen LogP contribution in [0, 0.1) is 6.92 Å². The third-order valence-electron chi connectivity index (χ3n) is 5.35. The van der Waals surface area contributed by atoms with Crippen LogP contribution in [0.2, 0.25) is 0 Å². The zero-order chi connectivity index (χ0) is 22.6. The minimum absolute atomic E-state index is 0.0712. The van der Waals surface area contributed by atoms with Crippen molar-refractivity contribution in [1.29, 1.82) is 0 Å². The van der Waals surface area contributed by atoms with Crippen molar-refractivity contribution in [3.63, 3.8) is 0 Å². The van der Waals surface area contributed by atoms with Crippen molar-refractivity contribution in [3.8, 4) is 11.5 Å². The summed E-state index contributed by atoms with van der Waals surface area (Å²) < 4.78 is 13.2. The van der Waals surface area contributed by atoms with Crippen molar-refractivity contribution in [1.82, 2.24) is 9.78 Å². The van der Waals surface area contributed by atoms with Crippen LogP contribution in [0.15, 0.2) is 54.7 Å². The molecule has 0 fully saturated rings. The number of rotatable bonds is 7. The zero-order valence-electron chi connectivity index (χ0n) is 19.1. The van der Waals surface area contributed by atoms with Gasteiger partial charge in [-0.15, -0.1) is 0 Å². The summed E-state index contributed by atoms with van der Waals surface area (Å²) in [5.41, 5.74) is 4.63. The number of ketones is 1. The minimum Gasteiger partial charge on any atom is -0.496 e. The average Bonchev–Trinajstić information content (AvgIpc) is 3.08. The number of aromatic nitrogens is 2. The van der Waals surface area contributed by atoms with E-state index < -0.39 is 0 Å². The predicted octanol–water partition coefficient (Wildman–Crippen LogP) is 5.51. The summed E-state index contributed by atoms with van der Waals surface area (Å²) in [5, 5.41) is 4.13. The lowest BCUT2D eigenvalue weighted by Crippen LogP contribution is -2.10. The summed E-state index contributed by atoms with van der Waals surface area (Å²) in [6, 6.07) is 14.0. The molecular weight excluding hydrogens is 388 g/mol. The van der Waals surface area contributed by atoms with E-state index in [0.717, 1.165) is 28.3 Å². The fourth-order valence-electron chi connectivity index (χ4n) is 3.23. The molecule has 0 spiro atoms. The lowest BCUT2D eigenvalue weighted by atomic mass is 9.87. The molecule has 0 atom stereocenters. The Morgan fingerprint density at radius 3 is 2.42 bits per heavy atom. The van der Waals surface area contributed by atoms with Crippen LogP contribution in [-0.2, 0) is 19.1 Å². The van der Waals surface area contributed by atoms with E-state index in [4.69, 9.17) is 9.47 Å². The molecule has 0 unspecified atom stereocenters. The maximum atomic E-state index is 12.5. The van der Waals surface area contributed by atoms with Crippen molar-refractivity contribution in [2.45, 2.75) is 39.7 Å².